The largest absolute Gasteiger partial charge is 0.386 e. The Morgan fingerprint density at radius 1 is 1.43 bits per heavy atom. The minimum atomic E-state index is -0.630. The highest BCUT2D eigenvalue weighted by Crippen LogP contribution is 2.00. The van der Waals surface area contributed by atoms with E-state index in [-0.39, 0.29) is 0 Å². The summed E-state index contributed by atoms with van der Waals surface area (Å²) in [6.45, 7) is 5.37. The van der Waals surface area contributed by atoms with E-state index in [0.29, 0.717) is 0 Å². The first-order valence-corrected chi connectivity index (χ1v) is 2.42. The van der Waals surface area contributed by atoms with Crippen molar-refractivity contribution in [1.29, 1.82) is 0 Å². The minimum Gasteiger partial charge on any atom is -0.386 e. The molecule has 1 nitrogen and oxygen atoms in total. The Kier molecular flexibility index (Phi) is 2.03. The first-order valence-electron chi connectivity index (χ1n) is 2.42. The number of aliphatic hydroxyl groups is 1. The van der Waals surface area contributed by atoms with Gasteiger partial charge in [-0.3, -0.25) is 0 Å². The topological polar surface area (TPSA) is 20.2 Å². The van der Waals surface area contributed by atoms with E-state index in [0.717, 1.165) is 0 Å². The summed E-state index contributed by atoms with van der Waals surface area (Å²) in [6, 6.07) is 0. The third-order valence-corrected chi connectivity index (χ3v) is 0.575. The molecule has 7 heavy (non-hydrogen) atoms. The van der Waals surface area contributed by atoms with Gasteiger partial charge in [0.05, 0.1) is 5.60 Å². The molecule has 1 heteroatoms. The van der Waals surface area contributed by atoms with Gasteiger partial charge in [-0.2, -0.15) is 0 Å². The fourth-order valence-electron chi connectivity index (χ4n) is 0.408. The molecule has 0 saturated heterocycles. The molecule has 0 saturated carbocycles. The summed E-state index contributed by atoms with van der Waals surface area (Å²) in [5.41, 5.74) is -0.630. The van der Waals surface area contributed by atoms with Gasteiger partial charge in [0.2, 0.25) is 0 Å². The summed E-state index contributed by atoms with van der Waals surface area (Å²) >= 11 is 0. The van der Waals surface area contributed by atoms with Crippen molar-refractivity contribution >= 4 is 0 Å². The monoisotopic (exact) mass is 100 g/mol. The Morgan fingerprint density at radius 3 is 1.86 bits per heavy atom. The van der Waals surface area contributed by atoms with Crippen LogP contribution < -0.4 is 0 Å². The molecule has 0 unspecified atom stereocenters. The second kappa shape index (κ2) is 2.12. The average Bonchev–Trinajstić information content (AvgIpc) is 1.30. The molecule has 0 fully saturated rings. The molecule has 1 N–H and O–H groups in total. The number of hydrogen-bond acceptors (Lipinski definition) is 1. The zero-order valence-corrected chi connectivity index (χ0v) is 5.10. The molecule has 0 aromatic rings. The highest BCUT2D eigenvalue weighted by molar-refractivity contribution is 4.92. The molecule has 0 aliphatic rings. The van der Waals surface area contributed by atoms with Crippen molar-refractivity contribution in [2.75, 3.05) is 0 Å². The van der Waals surface area contributed by atoms with Crippen molar-refractivity contribution in [1.82, 2.24) is 0 Å². The summed E-state index contributed by atoms with van der Waals surface area (Å²) in [5, 5.41) is 8.93. The minimum absolute atomic E-state index is 0.630. The van der Waals surface area contributed by atoms with Crippen LogP contribution in [-0.4, -0.2) is 10.7 Å². The zero-order valence-electron chi connectivity index (χ0n) is 5.10. The maximum atomic E-state index is 8.93. The molecule has 0 heterocycles. The second-order valence-electron chi connectivity index (χ2n) is 2.15. The van der Waals surface area contributed by atoms with Crippen molar-refractivity contribution in [2.24, 2.45) is 0 Å². The number of rotatable bonds is 1. The van der Waals surface area contributed by atoms with Crippen molar-refractivity contribution in [3.8, 4) is 0 Å². The van der Waals surface area contributed by atoms with Crippen LogP contribution in [0.25, 0.3) is 0 Å². The predicted molar refractivity (Wildman–Crippen MR) is 31.1 cm³/mol. The summed E-state index contributed by atoms with van der Waals surface area (Å²) < 4.78 is 0. The molecular formula is C6H12O. The lowest BCUT2D eigenvalue weighted by Crippen LogP contribution is -2.13. The molecule has 0 amide bonds. The molecule has 42 valence electrons. The smallest absolute Gasteiger partial charge is 0.0771 e. The summed E-state index contributed by atoms with van der Waals surface area (Å²) in [4.78, 5) is 0. The average molecular weight is 100 g/mol. The van der Waals surface area contributed by atoms with Crippen LogP contribution in [0, 0.1) is 0 Å². The van der Waals surface area contributed by atoms with Gasteiger partial charge in [0.15, 0.2) is 0 Å². The SMILES string of the molecule is C/C=C/C(C)(C)O. The molecule has 0 atom stereocenters. The molecule has 0 aromatic carbocycles. The maximum absolute atomic E-state index is 8.93. The van der Waals surface area contributed by atoms with Gasteiger partial charge in [0.25, 0.3) is 0 Å². The van der Waals surface area contributed by atoms with E-state index in [1.807, 2.05) is 13.0 Å². The van der Waals surface area contributed by atoms with Crippen LogP contribution in [0.4, 0.5) is 0 Å². The highest BCUT2D eigenvalue weighted by Gasteiger charge is 2.03. The molecule has 0 radical (unpaired) electrons. The molecule has 0 aliphatic heterocycles. The Labute approximate surface area is 44.7 Å². The van der Waals surface area contributed by atoms with Crippen LogP contribution in [0.1, 0.15) is 20.8 Å². The lowest BCUT2D eigenvalue weighted by molar-refractivity contribution is 0.133. The zero-order chi connectivity index (χ0) is 5.91. The van der Waals surface area contributed by atoms with Gasteiger partial charge >= 0.3 is 0 Å². The molecule has 0 bridgehead atoms. The van der Waals surface area contributed by atoms with E-state index in [1.54, 1.807) is 19.9 Å². The summed E-state index contributed by atoms with van der Waals surface area (Å²) in [6.07, 6.45) is 3.58. The van der Waals surface area contributed by atoms with Crippen LogP contribution in [0.2, 0.25) is 0 Å². The van der Waals surface area contributed by atoms with Crippen molar-refractivity contribution < 1.29 is 5.11 Å². The molecule has 0 aliphatic carbocycles. The van der Waals surface area contributed by atoms with E-state index in [2.05, 4.69) is 0 Å². The third-order valence-electron chi connectivity index (χ3n) is 0.575. The van der Waals surface area contributed by atoms with Crippen LogP contribution >= 0.6 is 0 Å². The fourth-order valence-corrected chi connectivity index (χ4v) is 0.408. The van der Waals surface area contributed by atoms with E-state index < -0.39 is 5.60 Å². The predicted octanol–water partition coefficient (Wildman–Crippen LogP) is 1.33. The Hall–Kier alpha value is -0.300. The lowest BCUT2D eigenvalue weighted by atomic mass is 10.1. The van der Waals surface area contributed by atoms with Crippen LogP contribution in [-0.2, 0) is 0 Å². The highest BCUT2D eigenvalue weighted by atomic mass is 16.3. The van der Waals surface area contributed by atoms with Gasteiger partial charge in [0, 0.05) is 0 Å². The van der Waals surface area contributed by atoms with Crippen molar-refractivity contribution in [2.45, 2.75) is 26.4 Å². The van der Waals surface area contributed by atoms with Crippen LogP contribution in [0.15, 0.2) is 12.2 Å². The van der Waals surface area contributed by atoms with Crippen molar-refractivity contribution in [3.63, 3.8) is 0 Å². The van der Waals surface area contributed by atoms with E-state index in [4.69, 9.17) is 5.11 Å². The molecule has 0 rings (SSSR count). The second-order valence-corrected chi connectivity index (χ2v) is 2.15. The van der Waals surface area contributed by atoms with Crippen LogP contribution in [0.5, 0.6) is 0 Å². The third kappa shape index (κ3) is 5.70. The van der Waals surface area contributed by atoms with E-state index in [9.17, 15) is 0 Å². The lowest BCUT2D eigenvalue weighted by Gasteiger charge is -2.08. The van der Waals surface area contributed by atoms with Gasteiger partial charge in [-0.1, -0.05) is 12.2 Å². The fraction of sp³-hybridized carbons (Fsp3) is 0.667. The first-order chi connectivity index (χ1) is 3.06. The maximum Gasteiger partial charge on any atom is 0.0771 e. The van der Waals surface area contributed by atoms with Gasteiger partial charge < -0.3 is 5.11 Å². The van der Waals surface area contributed by atoms with Gasteiger partial charge in [-0.05, 0) is 20.8 Å². The Bertz CT molecular complexity index is 66.7. The molecule has 0 aromatic heterocycles. The van der Waals surface area contributed by atoms with Crippen LogP contribution in [0.3, 0.4) is 0 Å². The standard InChI is InChI=1S/C6H12O/c1-4-5-6(2,3)7/h4-5,7H,1-3H3/b5-4+. The number of hydrogen-bond donors (Lipinski definition) is 1. The summed E-state index contributed by atoms with van der Waals surface area (Å²) in [7, 11) is 0. The van der Waals surface area contributed by atoms with Crippen molar-refractivity contribution in [3.05, 3.63) is 12.2 Å². The quantitative estimate of drug-likeness (QED) is 0.493. The van der Waals surface area contributed by atoms with Gasteiger partial charge in [-0.15, -0.1) is 0 Å². The van der Waals surface area contributed by atoms with Gasteiger partial charge in [-0.25, -0.2) is 0 Å². The molecule has 0 spiro atoms. The molecular weight excluding hydrogens is 88.1 g/mol. The van der Waals surface area contributed by atoms with Gasteiger partial charge in [0.1, 0.15) is 0 Å². The summed E-state index contributed by atoms with van der Waals surface area (Å²) in [5.74, 6) is 0. The first kappa shape index (κ1) is 6.70. The Balaban J connectivity index is 3.56. The normalized spacial score (nSPS) is 13.1. The number of allylic oxidation sites excluding steroid dienone is 1. The Morgan fingerprint density at radius 2 is 1.86 bits per heavy atom. The van der Waals surface area contributed by atoms with E-state index in [1.165, 1.54) is 0 Å². The van der Waals surface area contributed by atoms with E-state index >= 15 is 0 Å².